The van der Waals surface area contributed by atoms with Crippen LogP contribution in [0.25, 0.3) is 10.9 Å². The van der Waals surface area contributed by atoms with Crippen molar-refractivity contribution >= 4 is 33.5 Å². The summed E-state index contributed by atoms with van der Waals surface area (Å²) in [5.41, 5.74) is 0.648. The smallest absolute Gasteiger partial charge is 0.423 e. The molecule has 0 aliphatic rings. The fourth-order valence-electron chi connectivity index (χ4n) is 2.20. The van der Waals surface area contributed by atoms with Crippen LogP contribution in [0.5, 0.6) is 0 Å². The summed E-state index contributed by atoms with van der Waals surface area (Å²) < 4.78 is 26.4. The average molecular weight is 301 g/mol. The van der Waals surface area contributed by atoms with E-state index in [0.717, 1.165) is 3.97 Å². The fraction of sp³-hybridized carbons (Fsp3) is 0. The second kappa shape index (κ2) is 5.03. The Morgan fingerprint density at radius 3 is 2.33 bits per heavy atom. The summed E-state index contributed by atoms with van der Waals surface area (Å²) in [7, 11) is -5.35. The third kappa shape index (κ3) is 2.35. The zero-order valence-corrected chi connectivity index (χ0v) is 11.7. The first-order valence-electron chi connectivity index (χ1n) is 6.28. The van der Waals surface area contributed by atoms with Gasteiger partial charge in [-0.2, -0.15) is 0 Å². The summed E-state index contributed by atoms with van der Waals surface area (Å²) in [4.78, 5) is 0.178. The molecule has 1 aromatic heterocycles. The summed E-state index contributed by atoms with van der Waals surface area (Å²) in [5, 5.41) is 19.2. The van der Waals surface area contributed by atoms with Crippen LogP contribution >= 0.6 is 0 Å². The van der Waals surface area contributed by atoms with Gasteiger partial charge in [0.25, 0.3) is 10.0 Å². The summed E-state index contributed by atoms with van der Waals surface area (Å²) >= 11 is 0. The largest absolute Gasteiger partial charge is 0.488 e. The van der Waals surface area contributed by atoms with Gasteiger partial charge in [0, 0.05) is 11.6 Å². The fourth-order valence-corrected chi connectivity index (χ4v) is 3.56. The van der Waals surface area contributed by atoms with Gasteiger partial charge in [-0.25, -0.2) is 12.4 Å². The molecule has 2 N–H and O–H groups in total. The molecular formula is C14H12BNO4S. The summed E-state index contributed by atoms with van der Waals surface area (Å²) in [6.07, 6.45) is 1.46. The predicted molar refractivity (Wildman–Crippen MR) is 80.8 cm³/mol. The first-order valence-corrected chi connectivity index (χ1v) is 7.72. The van der Waals surface area contributed by atoms with E-state index >= 15 is 0 Å². The zero-order valence-electron chi connectivity index (χ0n) is 10.9. The number of rotatable bonds is 3. The Morgan fingerprint density at radius 1 is 0.952 bits per heavy atom. The zero-order chi connectivity index (χ0) is 15.0. The van der Waals surface area contributed by atoms with Crippen molar-refractivity contribution in [2.45, 2.75) is 4.90 Å². The van der Waals surface area contributed by atoms with Crippen LogP contribution < -0.4 is 5.46 Å². The SMILES string of the molecule is O=S(=O)(c1ccccc1)n1ccc2ccc(B(O)O)cc21. The minimum absolute atomic E-state index is 0.178. The number of fused-ring (bicyclic) bond motifs is 1. The Balaban J connectivity index is 2.23. The van der Waals surface area contributed by atoms with E-state index in [1.54, 1.807) is 36.4 Å². The molecule has 0 fully saturated rings. The Kier molecular flexibility index (Phi) is 3.33. The molecule has 0 bridgehead atoms. The van der Waals surface area contributed by atoms with Gasteiger partial charge in [0.05, 0.1) is 10.4 Å². The molecule has 7 heteroatoms. The van der Waals surface area contributed by atoms with E-state index < -0.39 is 17.1 Å². The van der Waals surface area contributed by atoms with Crippen molar-refractivity contribution in [3.05, 3.63) is 60.8 Å². The van der Waals surface area contributed by atoms with Gasteiger partial charge in [-0.15, -0.1) is 0 Å². The average Bonchev–Trinajstić information content (AvgIpc) is 2.91. The number of aromatic nitrogens is 1. The molecule has 1 heterocycles. The first-order chi connectivity index (χ1) is 10.00. The van der Waals surface area contributed by atoms with Crippen molar-refractivity contribution in [3.63, 3.8) is 0 Å². The van der Waals surface area contributed by atoms with E-state index in [0.29, 0.717) is 10.9 Å². The molecular weight excluding hydrogens is 289 g/mol. The topological polar surface area (TPSA) is 79.5 Å². The first kappa shape index (κ1) is 13.9. The van der Waals surface area contributed by atoms with E-state index in [4.69, 9.17) is 0 Å². The lowest BCUT2D eigenvalue weighted by molar-refractivity contribution is 0.426. The van der Waals surface area contributed by atoms with E-state index in [1.165, 1.54) is 24.4 Å². The van der Waals surface area contributed by atoms with E-state index in [-0.39, 0.29) is 10.4 Å². The molecule has 0 spiro atoms. The van der Waals surface area contributed by atoms with Gasteiger partial charge in [-0.05, 0) is 29.7 Å². The molecule has 0 saturated heterocycles. The van der Waals surface area contributed by atoms with E-state index in [1.807, 2.05) is 0 Å². The summed E-state index contributed by atoms with van der Waals surface area (Å²) in [6.45, 7) is 0. The summed E-state index contributed by atoms with van der Waals surface area (Å²) in [6, 6.07) is 14.4. The van der Waals surface area contributed by atoms with Gasteiger partial charge in [-0.3, -0.25) is 0 Å². The number of hydrogen-bond donors (Lipinski definition) is 2. The molecule has 3 aromatic rings. The normalized spacial score (nSPS) is 11.7. The number of hydrogen-bond acceptors (Lipinski definition) is 4. The highest BCUT2D eigenvalue weighted by Gasteiger charge is 2.20. The van der Waals surface area contributed by atoms with Crippen molar-refractivity contribution in [3.8, 4) is 0 Å². The molecule has 0 saturated carbocycles. The minimum atomic E-state index is -3.71. The highest BCUT2D eigenvalue weighted by molar-refractivity contribution is 7.90. The maximum Gasteiger partial charge on any atom is 0.488 e. The molecule has 0 amide bonds. The summed E-state index contributed by atoms with van der Waals surface area (Å²) in [5.74, 6) is 0. The minimum Gasteiger partial charge on any atom is -0.423 e. The van der Waals surface area contributed by atoms with Crippen molar-refractivity contribution in [2.75, 3.05) is 0 Å². The molecule has 5 nitrogen and oxygen atoms in total. The van der Waals surface area contributed by atoms with Crippen molar-refractivity contribution < 1.29 is 18.5 Å². The van der Waals surface area contributed by atoms with E-state index in [2.05, 4.69) is 0 Å². The molecule has 0 aliphatic heterocycles. The monoisotopic (exact) mass is 301 g/mol. The third-order valence-corrected chi connectivity index (χ3v) is 4.98. The molecule has 0 unspecified atom stereocenters. The Hall–Kier alpha value is -2.09. The molecule has 0 aliphatic carbocycles. The van der Waals surface area contributed by atoms with Crippen LogP contribution in [-0.4, -0.2) is 29.6 Å². The number of benzene rings is 2. The van der Waals surface area contributed by atoms with Gasteiger partial charge in [-0.1, -0.05) is 30.3 Å². The quantitative estimate of drug-likeness (QED) is 0.693. The molecule has 3 rings (SSSR count). The lowest BCUT2D eigenvalue weighted by atomic mass is 9.80. The van der Waals surface area contributed by atoms with Gasteiger partial charge >= 0.3 is 7.12 Å². The van der Waals surface area contributed by atoms with Crippen LogP contribution in [0.15, 0.2) is 65.7 Å². The maximum absolute atomic E-state index is 12.6. The lowest BCUT2D eigenvalue weighted by Crippen LogP contribution is -2.29. The van der Waals surface area contributed by atoms with Crippen molar-refractivity contribution in [1.29, 1.82) is 0 Å². The third-order valence-electron chi connectivity index (χ3n) is 3.28. The second-order valence-electron chi connectivity index (χ2n) is 4.62. The molecule has 2 aromatic carbocycles. The van der Waals surface area contributed by atoms with Crippen LogP contribution in [0, 0.1) is 0 Å². The molecule has 21 heavy (non-hydrogen) atoms. The van der Waals surface area contributed by atoms with Crippen molar-refractivity contribution in [2.24, 2.45) is 0 Å². The van der Waals surface area contributed by atoms with Crippen LogP contribution in [0.2, 0.25) is 0 Å². The lowest BCUT2D eigenvalue weighted by Gasteiger charge is -2.08. The molecule has 106 valence electrons. The molecule has 0 radical (unpaired) electrons. The van der Waals surface area contributed by atoms with Crippen LogP contribution in [0.1, 0.15) is 0 Å². The standard InChI is InChI=1S/C14H12BNO4S/c17-15(18)12-7-6-11-8-9-16(14(11)10-12)21(19,20)13-4-2-1-3-5-13/h1-10,17-18H. The maximum atomic E-state index is 12.6. The molecule has 0 atom stereocenters. The highest BCUT2D eigenvalue weighted by atomic mass is 32.2. The van der Waals surface area contributed by atoms with Crippen molar-refractivity contribution in [1.82, 2.24) is 3.97 Å². The van der Waals surface area contributed by atoms with Gasteiger partial charge in [0.15, 0.2) is 0 Å². The highest BCUT2D eigenvalue weighted by Crippen LogP contribution is 2.21. The van der Waals surface area contributed by atoms with E-state index in [9.17, 15) is 18.5 Å². The van der Waals surface area contributed by atoms with Gasteiger partial charge in [0.1, 0.15) is 0 Å². The second-order valence-corrected chi connectivity index (χ2v) is 6.44. The van der Waals surface area contributed by atoms with Gasteiger partial charge in [0.2, 0.25) is 0 Å². The Labute approximate surface area is 122 Å². The number of nitrogens with zero attached hydrogens (tertiary/aromatic N) is 1. The Morgan fingerprint density at radius 2 is 1.67 bits per heavy atom. The van der Waals surface area contributed by atoms with Crippen LogP contribution in [-0.2, 0) is 10.0 Å². The Bertz CT molecular complexity index is 888. The van der Waals surface area contributed by atoms with Crippen LogP contribution in [0.3, 0.4) is 0 Å². The van der Waals surface area contributed by atoms with Crippen LogP contribution in [0.4, 0.5) is 0 Å². The predicted octanol–water partition coefficient (Wildman–Crippen LogP) is 0.558. The van der Waals surface area contributed by atoms with Gasteiger partial charge < -0.3 is 10.0 Å².